The highest BCUT2D eigenvalue weighted by Gasteiger charge is 2.53. The number of amides is 1. The molecule has 1 aromatic carbocycles. The van der Waals surface area contributed by atoms with Crippen LogP contribution in [0.2, 0.25) is 36.3 Å². The first-order valence-corrected chi connectivity index (χ1v) is 15.7. The molecule has 0 atom stereocenters. The van der Waals surface area contributed by atoms with Gasteiger partial charge < -0.3 is 8.99 Å². The lowest BCUT2D eigenvalue weighted by molar-refractivity contribution is -0.169. The summed E-state index contributed by atoms with van der Waals surface area (Å²) in [5.41, 5.74) is -0.0696. The maximum Gasteiger partial charge on any atom is 0.470 e. The van der Waals surface area contributed by atoms with Gasteiger partial charge in [0, 0.05) is 0 Å². The third kappa shape index (κ3) is 5.35. The van der Waals surface area contributed by atoms with Crippen LogP contribution in [0.5, 0.6) is 0 Å². The van der Waals surface area contributed by atoms with E-state index >= 15 is 0 Å². The fourth-order valence-electron chi connectivity index (χ4n) is 2.41. The van der Waals surface area contributed by atoms with Crippen LogP contribution in [0.3, 0.4) is 0 Å². The Kier molecular flexibility index (Phi) is 7.17. The van der Waals surface area contributed by atoms with Crippen LogP contribution in [-0.2, 0) is 9.22 Å². The zero-order valence-corrected chi connectivity index (χ0v) is 21.6. The molecule has 0 saturated carbocycles. The summed E-state index contributed by atoms with van der Waals surface area (Å²) in [6.07, 6.45) is -5.06. The molecule has 0 unspecified atom stereocenters. The van der Waals surface area contributed by atoms with Crippen molar-refractivity contribution in [2.24, 2.45) is 0 Å². The molecule has 1 amide bonds. The first kappa shape index (κ1) is 26.4. The van der Waals surface area contributed by atoms with Crippen LogP contribution in [0.25, 0.3) is 0 Å². The number of carbonyl (C=O) groups excluding carboxylic acids is 2. The van der Waals surface area contributed by atoms with Gasteiger partial charge in [0.05, 0.1) is 11.3 Å². The number of nitrogens with zero attached hydrogens (tertiary/aromatic N) is 1. The number of anilines is 1. The smallest absolute Gasteiger partial charge is 0.470 e. The third-order valence-corrected chi connectivity index (χ3v) is 15.9. The number of benzene rings is 1. The Labute approximate surface area is 180 Å². The van der Waals surface area contributed by atoms with E-state index in [-0.39, 0.29) is 16.3 Å². The van der Waals surface area contributed by atoms with Crippen molar-refractivity contribution in [2.75, 3.05) is 4.57 Å². The molecule has 0 aromatic heterocycles. The first-order valence-electron chi connectivity index (χ1n) is 9.88. The Morgan fingerprint density at radius 3 is 1.73 bits per heavy atom. The summed E-state index contributed by atoms with van der Waals surface area (Å²) >= 11 is 0. The largest absolute Gasteiger partial charge is 0.516 e. The molecule has 4 nitrogen and oxygen atoms in total. The van der Waals surface area contributed by atoms with Crippen molar-refractivity contribution in [3.05, 3.63) is 29.8 Å². The van der Waals surface area contributed by atoms with E-state index in [1.807, 2.05) is 54.6 Å². The quantitative estimate of drug-likeness (QED) is 0.466. The van der Waals surface area contributed by atoms with Crippen molar-refractivity contribution in [1.29, 1.82) is 0 Å². The van der Waals surface area contributed by atoms with Crippen LogP contribution < -0.4 is 4.57 Å². The molecule has 9 heteroatoms. The monoisotopic (exact) mass is 461 g/mol. The molecule has 0 radical (unpaired) electrons. The Morgan fingerprint density at radius 2 is 1.33 bits per heavy atom. The summed E-state index contributed by atoms with van der Waals surface area (Å²) in [5, 5.41) is -0.844. The number of hydrogen-bond acceptors (Lipinski definition) is 3. The van der Waals surface area contributed by atoms with Crippen molar-refractivity contribution < 1.29 is 27.2 Å². The zero-order chi connectivity index (χ0) is 23.9. The van der Waals surface area contributed by atoms with Crippen molar-refractivity contribution in [3.8, 4) is 0 Å². The van der Waals surface area contributed by atoms with Crippen LogP contribution in [0.4, 0.5) is 18.9 Å². The van der Waals surface area contributed by atoms with Crippen LogP contribution in [0.15, 0.2) is 24.3 Å². The average molecular weight is 462 g/mol. The van der Waals surface area contributed by atoms with Crippen molar-refractivity contribution in [3.63, 3.8) is 0 Å². The Bertz CT molecular complexity index is 807. The number of para-hydroxylation sites is 1. The molecule has 0 heterocycles. The maximum absolute atomic E-state index is 13.6. The van der Waals surface area contributed by atoms with Crippen molar-refractivity contribution in [1.82, 2.24) is 0 Å². The summed E-state index contributed by atoms with van der Waals surface area (Å²) < 4.78 is 47.4. The van der Waals surface area contributed by atoms with Crippen molar-refractivity contribution >= 4 is 34.1 Å². The van der Waals surface area contributed by atoms with Gasteiger partial charge in [-0.15, -0.1) is 0 Å². The van der Waals surface area contributed by atoms with Gasteiger partial charge in [-0.05, 0) is 35.3 Å². The molecule has 170 valence electrons. The van der Waals surface area contributed by atoms with Crippen LogP contribution in [0, 0.1) is 0 Å². The van der Waals surface area contributed by atoms with E-state index in [1.54, 1.807) is 19.2 Å². The van der Waals surface area contributed by atoms with E-state index < -0.39 is 39.6 Å². The second-order valence-corrected chi connectivity index (χ2v) is 20.4. The molecule has 0 aliphatic heterocycles. The van der Waals surface area contributed by atoms with Crippen LogP contribution in [-0.4, -0.2) is 34.6 Å². The number of rotatable bonds is 4. The lowest BCUT2D eigenvalue weighted by Crippen LogP contribution is -2.61. The van der Waals surface area contributed by atoms with E-state index in [1.165, 1.54) is 18.2 Å². The molecular weight excluding hydrogens is 427 g/mol. The molecule has 0 N–H and O–H groups in total. The molecule has 30 heavy (non-hydrogen) atoms. The highest BCUT2D eigenvalue weighted by atomic mass is 28.4. The molecule has 1 rings (SSSR count). The molecule has 1 aromatic rings. The zero-order valence-electron chi connectivity index (χ0n) is 19.6. The highest BCUT2D eigenvalue weighted by molar-refractivity contribution is 6.86. The third-order valence-electron chi connectivity index (χ3n) is 6.36. The fourth-order valence-corrected chi connectivity index (χ4v) is 5.39. The van der Waals surface area contributed by atoms with Gasteiger partial charge in [-0.3, -0.25) is 4.79 Å². The number of hydrogen-bond donors (Lipinski definition) is 0. The first-order chi connectivity index (χ1) is 13.1. The van der Waals surface area contributed by atoms with Gasteiger partial charge >= 0.3 is 18.1 Å². The van der Waals surface area contributed by atoms with Gasteiger partial charge in [0.15, 0.2) is 8.24 Å². The average Bonchev–Trinajstić information content (AvgIpc) is 2.51. The number of carbonyl (C=O) groups is 2. The predicted octanol–water partition coefficient (Wildman–Crippen LogP) is 6.75. The van der Waals surface area contributed by atoms with Gasteiger partial charge in [-0.1, -0.05) is 66.8 Å². The number of halogens is 3. The minimum atomic E-state index is -5.06. The number of alkyl halides is 3. The summed E-state index contributed by atoms with van der Waals surface area (Å²) in [6.45, 7) is 18.5. The lowest BCUT2D eigenvalue weighted by atomic mass is 10.2. The molecule has 0 spiro atoms. The molecule has 0 saturated heterocycles. The lowest BCUT2D eigenvalue weighted by Gasteiger charge is -2.46. The topological polar surface area (TPSA) is 46.6 Å². The van der Waals surface area contributed by atoms with E-state index in [4.69, 9.17) is 4.43 Å². The summed E-state index contributed by atoms with van der Waals surface area (Å²) in [4.78, 5) is 25.7. The molecule has 0 bridgehead atoms. The Morgan fingerprint density at radius 1 is 0.867 bits per heavy atom. The van der Waals surface area contributed by atoms with E-state index in [0.29, 0.717) is 0 Å². The maximum atomic E-state index is 13.6. The van der Waals surface area contributed by atoms with Gasteiger partial charge in [-0.2, -0.15) is 13.2 Å². The fraction of sp³-hybridized carbons (Fsp3) is 0.619. The second kappa shape index (κ2) is 8.14. The molecule has 0 aliphatic carbocycles. The highest BCUT2D eigenvalue weighted by Crippen LogP contribution is 2.44. The van der Waals surface area contributed by atoms with Gasteiger partial charge in [0.2, 0.25) is 0 Å². The standard InChI is InChI=1S/C21H34F3NO3Si2/c1-19(2,3)29(7,8)25(18(27)21(22,23)24)16-14-12-11-13-15(16)17(26)28-30(9,10)20(4,5)6/h11-14H,1-10H3. The second-order valence-electron chi connectivity index (χ2n) is 10.6. The minimum absolute atomic E-state index is 0.0234. The Balaban J connectivity index is 3.67. The van der Waals surface area contributed by atoms with E-state index in [2.05, 4.69) is 0 Å². The van der Waals surface area contributed by atoms with Crippen LogP contribution in [0.1, 0.15) is 51.9 Å². The Hall–Kier alpha value is -1.62. The van der Waals surface area contributed by atoms with Gasteiger partial charge in [-0.25, -0.2) is 4.79 Å². The van der Waals surface area contributed by atoms with Crippen LogP contribution >= 0.6 is 0 Å². The summed E-state index contributed by atoms with van der Waals surface area (Å²) in [6, 6.07) is 5.91. The summed E-state index contributed by atoms with van der Waals surface area (Å²) in [5.74, 6) is -2.66. The molecular formula is C21H34F3NO3Si2. The van der Waals surface area contributed by atoms with E-state index in [0.717, 1.165) is 4.57 Å². The van der Waals surface area contributed by atoms with Gasteiger partial charge in [0.1, 0.15) is 0 Å². The SMILES string of the molecule is CC(C)(C)[Si](C)(C)OC(=O)c1ccccc1N(C(=O)C(F)(F)F)[Si](C)(C)C(C)(C)C. The molecule has 0 fully saturated rings. The summed E-state index contributed by atoms with van der Waals surface area (Å²) in [7, 11) is -5.57. The normalized spacial score (nSPS) is 13.8. The van der Waals surface area contributed by atoms with Crippen molar-refractivity contribution in [2.45, 2.75) is 84.0 Å². The van der Waals surface area contributed by atoms with Gasteiger partial charge in [0.25, 0.3) is 8.32 Å². The van der Waals surface area contributed by atoms with E-state index in [9.17, 15) is 22.8 Å². The predicted molar refractivity (Wildman–Crippen MR) is 120 cm³/mol. The molecule has 0 aliphatic rings. The minimum Gasteiger partial charge on any atom is -0.516 e.